The van der Waals surface area contributed by atoms with Gasteiger partial charge in [0.1, 0.15) is 0 Å². The molecule has 2 rings (SSSR count). The molecular formula is C13H14O2. The second-order valence-corrected chi connectivity index (χ2v) is 3.90. The van der Waals surface area contributed by atoms with Crippen molar-refractivity contribution in [1.82, 2.24) is 0 Å². The monoisotopic (exact) mass is 202 g/mol. The number of benzene rings is 1. The Balaban J connectivity index is 2.01. The van der Waals surface area contributed by atoms with Crippen molar-refractivity contribution in [3.63, 3.8) is 0 Å². The summed E-state index contributed by atoms with van der Waals surface area (Å²) in [5, 5.41) is 9.92. The third-order valence-corrected chi connectivity index (χ3v) is 2.70. The molecule has 15 heavy (non-hydrogen) atoms. The lowest BCUT2D eigenvalue weighted by atomic mass is 10.0. The van der Waals surface area contributed by atoms with Crippen LogP contribution in [0.3, 0.4) is 0 Å². The minimum absolute atomic E-state index is 0.185. The number of aliphatic hydroxyl groups is 1. The molecule has 0 amide bonds. The number of carbonyl (C=O) groups is 1. The first-order valence-corrected chi connectivity index (χ1v) is 5.21. The molecule has 0 aromatic heterocycles. The normalized spacial score (nSPS) is 17.7. The van der Waals surface area contributed by atoms with Gasteiger partial charge in [0.2, 0.25) is 0 Å². The zero-order valence-corrected chi connectivity index (χ0v) is 8.52. The van der Waals surface area contributed by atoms with Crippen LogP contribution in [-0.4, -0.2) is 10.9 Å². The highest BCUT2D eigenvalue weighted by atomic mass is 16.3. The molecule has 2 heteroatoms. The molecule has 0 radical (unpaired) electrons. The highest BCUT2D eigenvalue weighted by Gasteiger charge is 2.16. The van der Waals surface area contributed by atoms with Crippen molar-refractivity contribution in [3.05, 3.63) is 47.5 Å². The number of hydrogen-bond donors (Lipinski definition) is 1. The van der Waals surface area contributed by atoms with Crippen LogP contribution in [0.5, 0.6) is 0 Å². The van der Waals surface area contributed by atoms with Crippen molar-refractivity contribution in [2.24, 2.45) is 0 Å². The van der Waals surface area contributed by atoms with Gasteiger partial charge in [0.15, 0.2) is 5.78 Å². The molecule has 1 aliphatic rings. The van der Waals surface area contributed by atoms with E-state index in [1.165, 1.54) is 0 Å². The molecular weight excluding hydrogens is 188 g/mol. The number of hydrogen-bond acceptors (Lipinski definition) is 2. The Labute approximate surface area is 89.2 Å². The molecule has 0 spiro atoms. The molecule has 1 aliphatic carbocycles. The lowest BCUT2D eigenvalue weighted by Gasteiger charge is -2.10. The Morgan fingerprint density at radius 2 is 1.93 bits per heavy atom. The number of carbonyl (C=O) groups excluding carboxylic acids is 1. The molecule has 1 aromatic rings. The van der Waals surface area contributed by atoms with Gasteiger partial charge >= 0.3 is 0 Å². The third kappa shape index (κ3) is 2.54. The predicted octanol–water partition coefficient (Wildman–Crippen LogP) is 2.40. The van der Waals surface area contributed by atoms with Crippen molar-refractivity contribution < 1.29 is 9.90 Å². The lowest BCUT2D eigenvalue weighted by molar-refractivity contribution is -0.114. The van der Waals surface area contributed by atoms with Crippen molar-refractivity contribution in [2.75, 3.05) is 0 Å². The fourth-order valence-electron chi connectivity index (χ4n) is 1.86. The molecule has 1 N–H and O–H groups in total. The average Bonchev–Trinajstić information content (AvgIpc) is 2.65. The zero-order valence-electron chi connectivity index (χ0n) is 8.52. The van der Waals surface area contributed by atoms with Crippen molar-refractivity contribution in [1.29, 1.82) is 0 Å². The predicted molar refractivity (Wildman–Crippen MR) is 58.3 cm³/mol. The molecule has 78 valence electrons. The van der Waals surface area contributed by atoms with Crippen LogP contribution in [0.1, 0.15) is 30.9 Å². The molecule has 0 saturated carbocycles. The van der Waals surface area contributed by atoms with Crippen LogP contribution in [0.4, 0.5) is 0 Å². The van der Waals surface area contributed by atoms with Gasteiger partial charge in [-0.05, 0) is 24.5 Å². The van der Waals surface area contributed by atoms with Gasteiger partial charge in [-0.2, -0.15) is 0 Å². The molecule has 0 heterocycles. The van der Waals surface area contributed by atoms with Crippen LogP contribution in [0.15, 0.2) is 42.0 Å². The highest BCUT2D eigenvalue weighted by Crippen LogP contribution is 2.26. The maximum absolute atomic E-state index is 11.0. The zero-order chi connectivity index (χ0) is 10.7. The third-order valence-electron chi connectivity index (χ3n) is 2.70. The molecule has 0 aliphatic heterocycles. The molecule has 0 saturated heterocycles. The average molecular weight is 202 g/mol. The Kier molecular flexibility index (Phi) is 2.97. The molecule has 0 unspecified atom stereocenters. The van der Waals surface area contributed by atoms with E-state index in [2.05, 4.69) is 0 Å². The standard InChI is InChI=1S/C13H14O2/c14-12-7-6-10(8-12)9-13(15)11-4-2-1-3-5-11/h1-5,8,13,15H,6-7,9H2/t13-/m1/s1. The number of ketones is 1. The molecule has 1 aromatic carbocycles. The first-order chi connectivity index (χ1) is 7.25. The van der Waals surface area contributed by atoms with Crippen molar-refractivity contribution >= 4 is 5.78 Å². The fourth-order valence-corrected chi connectivity index (χ4v) is 1.86. The van der Waals surface area contributed by atoms with Crippen LogP contribution < -0.4 is 0 Å². The van der Waals surface area contributed by atoms with Gasteiger partial charge in [-0.1, -0.05) is 35.9 Å². The van der Waals surface area contributed by atoms with Gasteiger partial charge in [-0.15, -0.1) is 0 Å². The first-order valence-electron chi connectivity index (χ1n) is 5.21. The van der Waals surface area contributed by atoms with Crippen LogP contribution in [0, 0.1) is 0 Å². The highest BCUT2D eigenvalue weighted by molar-refractivity contribution is 5.92. The van der Waals surface area contributed by atoms with Gasteiger partial charge in [-0.3, -0.25) is 4.79 Å². The summed E-state index contributed by atoms with van der Waals surface area (Å²) in [6.07, 6.45) is 3.19. The summed E-state index contributed by atoms with van der Waals surface area (Å²) in [5.41, 5.74) is 1.98. The summed E-state index contributed by atoms with van der Waals surface area (Å²) >= 11 is 0. The van der Waals surface area contributed by atoms with Gasteiger partial charge in [-0.25, -0.2) is 0 Å². The van der Waals surface area contributed by atoms with E-state index in [0.29, 0.717) is 12.8 Å². The van der Waals surface area contributed by atoms with E-state index in [1.807, 2.05) is 30.3 Å². The minimum atomic E-state index is -0.483. The maximum atomic E-state index is 11.0. The second kappa shape index (κ2) is 4.41. The van der Waals surface area contributed by atoms with Crippen LogP contribution in [0.25, 0.3) is 0 Å². The van der Waals surface area contributed by atoms with Gasteiger partial charge in [0, 0.05) is 6.42 Å². The van der Waals surface area contributed by atoms with Gasteiger partial charge in [0.25, 0.3) is 0 Å². The van der Waals surface area contributed by atoms with Gasteiger partial charge in [0.05, 0.1) is 6.10 Å². The fraction of sp³-hybridized carbons (Fsp3) is 0.308. The van der Waals surface area contributed by atoms with E-state index in [4.69, 9.17) is 0 Å². The lowest BCUT2D eigenvalue weighted by Crippen LogP contribution is -1.97. The SMILES string of the molecule is O=C1C=C(C[C@@H](O)c2ccccc2)CC1. The summed E-state index contributed by atoms with van der Waals surface area (Å²) in [6.45, 7) is 0. The Morgan fingerprint density at radius 1 is 1.20 bits per heavy atom. The smallest absolute Gasteiger partial charge is 0.155 e. The van der Waals surface area contributed by atoms with Crippen LogP contribution >= 0.6 is 0 Å². The van der Waals surface area contributed by atoms with Crippen LogP contribution in [0.2, 0.25) is 0 Å². The number of aliphatic hydroxyl groups excluding tert-OH is 1. The van der Waals surface area contributed by atoms with E-state index in [-0.39, 0.29) is 5.78 Å². The summed E-state index contributed by atoms with van der Waals surface area (Å²) in [6, 6.07) is 9.55. The topological polar surface area (TPSA) is 37.3 Å². The molecule has 0 fully saturated rings. The largest absolute Gasteiger partial charge is 0.388 e. The van der Waals surface area contributed by atoms with Crippen LogP contribution in [-0.2, 0) is 4.79 Å². The van der Waals surface area contributed by atoms with E-state index in [0.717, 1.165) is 17.6 Å². The number of rotatable bonds is 3. The second-order valence-electron chi connectivity index (χ2n) is 3.90. The van der Waals surface area contributed by atoms with E-state index < -0.39 is 6.10 Å². The Hall–Kier alpha value is -1.41. The molecule has 0 bridgehead atoms. The van der Waals surface area contributed by atoms with Crippen molar-refractivity contribution in [3.8, 4) is 0 Å². The summed E-state index contributed by atoms with van der Waals surface area (Å²) in [7, 11) is 0. The summed E-state index contributed by atoms with van der Waals surface area (Å²) in [4.78, 5) is 11.0. The molecule has 2 nitrogen and oxygen atoms in total. The van der Waals surface area contributed by atoms with Gasteiger partial charge < -0.3 is 5.11 Å². The summed E-state index contributed by atoms with van der Waals surface area (Å²) in [5.74, 6) is 0.185. The number of allylic oxidation sites excluding steroid dienone is 1. The molecule has 1 atom stereocenters. The van der Waals surface area contributed by atoms with E-state index in [1.54, 1.807) is 6.08 Å². The quantitative estimate of drug-likeness (QED) is 0.817. The Morgan fingerprint density at radius 3 is 2.53 bits per heavy atom. The first kappa shape index (κ1) is 10.1. The van der Waals surface area contributed by atoms with Crippen molar-refractivity contribution in [2.45, 2.75) is 25.4 Å². The van der Waals surface area contributed by atoms with E-state index in [9.17, 15) is 9.90 Å². The summed E-state index contributed by atoms with van der Waals surface area (Å²) < 4.78 is 0. The Bertz CT molecular complexity index is 379. The minimum Gasteiger partial charge on any atom is -0.388 e. The van der Waals surface area contributed by atoms with E-state index >= 15 is 0 Å². The maximum Gasteiger partial charge on any atom is 0.155 e.